The number of ether oxygens (including phenoxy) is 2. The number of hydrogen-bond acceptors (Lipinski definition) is 6. The predicted octanol–water partition coefficient (Wildman–Crippen LogP) is 3.63. The van der Waals surface area contributed by atoms with Gasteiger partial charge < -0.3 is 9.47 Å². The Morgan fingerprint density at radius 3 is 2.43 bits per heavy atom. The van der Waals surface area contributed by atoms with Crippen molar-refractivity contribution in [2.45, 2.75) is 70.0 Å². The fourth-order valence-electron chi connectivity index (χ4n) is 3.74. The molecule has 2 fully saturated rings. The van der Waals surface area contributed by atoms with Crippen LogP contribution in [0.5, 0.6) is 0 Å². The number of nitrogens with zero attached hydrogens (tertiary/aromatic N) is 2. The van der Waals surface area contributed by atoms with E-state index in [1.165, 1.54) is 29.2 Å². The predicted molar refractivity (Wildman–Crippen MR) is 96.7 cm³/mol. The average Bonchev–Trinajstić information content (AvgIpc) is 2.96. The highest BCUT2D eigenvalue weighted by atomic mass is 19.1. The number of nitro benzene ring substituents is 1. The minimum absolute atomic E-state index is 0.111. The van der Waals surface area contributed by atoms with Gasteiger partial charge in [-0.3, -0.25) is 15.0 Å². The number of alkyl halides is 1. The first kappa shape index (κ1) is 20.0. The van der Waals surface area contributed by atoms with Crippen molar-refractivity contribution in [2.75, 3.05) is 0 Å². The Bertz CT molecular complexity index is 776. The quantitative estimate of drug-likeness (QED) is 0.441. The molecule has 152 valence electrons. The fourth-order valence-corrected chi connectivity index (χ4v) is 3.74. The highest BCUT2D eigenvalue weighted by molar-refractivity contribution is 5.89. The lowest BCUT2D eigenvalue weighted by Gasteiger charge is -2.41. The topological polar surface area (TPSA) is 99.0 Å². The van der Waals surface area contributed by atoms with Crippen LogP contribution in [0.3, 0.4) is 0 Å². The van der Waals surface area contributed by atoms with Gasteiger partial charge in [0.25, 0.3) is 5.69 Å². The fraction of sp³-hybridized carbons (Fsp3) is 0.579. The highest BCUT2D eigenvalue weighted by Gasteiger charge is 2.52. The number of amides is 1. The van der Waals surface area contributed by atoms with E-state index in [2.05, 4.69) is 0 Å². The van der Waals surface area contributed by atoms with Crippen molar-refractivity contribution in [3.63, 3.8) is 0 Å². The van der Waals surface area contributed by atoms with E-state index < -0.39 is 40.9 Å². The van der Waals surface area contributed by atoms with Crippen LogP contribution in [0.1, 0.15) is 50.4 Å². The van der Waals surface area contributed by atoms with Crippen molar-refractivity contribution in [2.24, 2.45) is 0 Å². The minimum atomic E-state index is -1.52. The first-order valence-corrected chi connectivity index (χ1v) is 9.17. The molecule has 0 spiro atoms. The first-order chi connectivity index (χ1) is 13.1. The van der Waals surface area contributed by atoms with E-state index >= 15 is 4.39 Å². The van der Waals surface area contributed by atoms with Crippen molar-refractivity contribution in [1.29, 1.82) is 0 Å². The summed E-state index contributed by atoms with van der Waals surface area (Å²) in [4.78, 5) is 36.3. The Labute approximate surface area is 161 Å². The molecule has 1 amide bonds. The number of fused-ring (bicyclic) bond motifs is 2. The van der Waals surface area contributed by atoms with Crippen molar-refractivity contribution in [3.05, 3.63) is 39.9 Å². The molecule has 3 rings (SSSR count). The number of carbonyl (C=O) groups is 2. The maximum absolute atomic E-state index is 15.0. The van der Waals surface area contributed by atoms with Crippen LogP contribution in [-0.4, -0.2) is 51.8 Å². The number of non-ortho nitro benzene ring substituents is 1. The third-order valence-electron chi connectivity index (χ3n) is 4.95. The van der Waals surface area contributed by atoms with Crippen LogP contribution in [0.4, 0.5) is 14.9 Å². The number of rotatable bonds is 3. The molecule has 2 saturated heterocycles. The summed E-state index contributed by atoms with van der Waals surface area (Å²) in [6.07, 6.45) is -1.75. The minimum Gasteiger partial charge on any atom is -0.456 e. The summed E-state index contributed by atoms with van der Waals surface area (Å²) < 4.78 is 25.7. The van der Waals surface area contributed by atoms with Gasteiger partial charge in [0.2, 0.25) is 0 Å². The number of nitro groups is 1. The summed E-state index contributed by atoms with van der Waals surface area (Å²) in [7, 11) is 0. The van der Waals surface area contributed by atoms with Crippen LogP contribution in [0.25, 0.3) is 0 Å². The van der Waals surface area contributed by atoms with Gasteiger partial charge in [-0.1, -0.05) is 0 Å². The summed E-state index contributed by atoms with van der Waals surface area (Å²) in [5.74, 6) is -0.743. The SMILES string of the molecule is CC(C)(C)OC(=O)N1C2CCC1C(F)C(OC(=O)c1ccc([N+](=O)[O-])cc1)C2. The van der Waals surface area contributed by atoms with Gasteiger partial charge in [-0.05, 0) is 45.7 Å². The molecular weight excluding hydrogens is 371 g/mol. The van der Waals surface area contributed by atoms with Crippen molar-refractivity contribution in [1.82, 2.24) is 4.90 Å². The summed E-state index contributed by atoms with van der Waals surface area (Å²) >= 11 is 0. The molecule has 4 unspecified atom stereocenters. The first-order valence-electron chi connectivity index (χ1n) is 9.17. The third-order valence-corrected chi connectivity index (χ3v) is 4.95. The molecule has 0 N–H and O–H groups in total. The van der Waals surface area contributed by atoms with Gasteiger partial charge in [-0.15, -0.1) is 0 Å². The average molecular weight is 394 g/mol. The highest BCUT2D eigenvalue weighted by Crippen LogP contribution is 2.39. The van der Waals surface area contributed by atoms with Crippen LogP contribution < -0.4 is 0 Å². The smallest absolute Gasteiger partial charge is 0.410 e. The zero-order chi connectivity index (χ0) is 20.6. The molecule has 2 aliphatic heterocycles. The second kappa shape index (κ2) is 7.37. The number of hydrogen-bond donors (Lipinski definition) is 0. The third kappa shape index (κ3) is 4.07. The molecule has 2 bridgehead atoms. The number of carbonyl (C=O) groups excluding carboxylic acids is 2. The summed E-state index contributed by atoms with van der Waals surface area (Å²) in [6, 6.07) is 4.00. The zero-order valence-corrected chi connectivity index (χ0v) is 16.0. The molecule has 1 aromatic rings. The molecule has 2 heterocycles. The van der Waals surface area contributed by atoms with Gasteiger partial charge in [0, 0.05) is 24.6 Å². The standard InChI is InChI=1S/C19H23FN2O6/c1-19(2,3)28-18(24)21-13-8-9-14(21)16(20)15(10-13)27-17(23)11-4-6-12(7-5-11)22(25)26/h4-7,13-16H,8-10H2,1-3H3. The lowest BCUT2D eigenvalue weighted by Crippen LogP contribution is -2.56. The zero-order valence-electron chi connectivity index (χ0n) is 16.0. The molecule has 9 heteroatoms. The van der Waals surface area contributed by atoms with Gasteiger partial charge in [0.05, 0.1) is 16.5 Å². The molecular formula is C19H23FN2O6. The molecule has 28 heavy (non-hydrogen) atoms. The number of benzene rings is 1. The molecule has 1 aromatic carbocycles. The molecule has 2 aliphatic rings. The van der Waals surface area contributed by atoms with Crippen molar-refractivity contribution < 1.29 is 28.4 Å². The summed E-state index contributed by atoms with van der Waals surface area (Å²) in [5.41, 5.74) is -0.718. The van der Waals surface area contributed by atoms with Gasteiger partial charge in [0.15, 0.2) is 6.17 Å². The Morgan fingerprint density at radius 1 is 1.21 bits per heavy atom. The van der Waals surface area contributed by atoms with Gasteiger partial charge in [0.1, 0.15) is 11.7 Å². The van der Waals surface area contributed by atoms with Gasteiger partial charge in [-0.25, -0.2) is 14.0 Å². The van der Waals surface area contributed by atoms with Crippen LogP contribution in [-0.2, 0) is 9.47 Å². The van der Waals surface area contributed by atoms with E-state index in [-0.39, 0.29) is 23.7 Å². The van der Waals surface area contributed by atoms with Gasteiger partial charge >= 0.3 is 12.1 Å². The van der Waals surface area contributed by atoms with Crippen molar-refractivity contribution >= 4 is 17.7 Å². The molecule has 0 aliphatic carbocycles. The van der Waals surface area contributed by atoms with E-state index in [1.54, 1.807) is 20.8 Å². The van der Waals surface area contributed by atoms with E-state index in [1.807, 2.05) is 0 Å². The van der Waals surface area contributed by atoms with Crippen LogP contribution in [0.15, 0.2) is 24.3 Å². The normalized spacial score (nSPS) is 26.6. The molecule has 0 saturated carbocycles. The Kier molecular flexibility index (Phi) is 5.27. The molecule has 0 radical (unpaired) electrons. The van der Waals surface area contributed by atoms with Crippen molar-refractivity contribution in [3.8, 4) is 0 Å². The second-order valence-corrected chi connectivity index (χ2v) is 8.11. The molecule has 4 atom stereocenters. The van der Waals surface area contributed by atoms with E-state index in [9.17, 15) is 19.7 Å². The lowest BCUT2D eigenvalue weighted by atomic mass is 9.98. The van der Waals surface area contributed by atoms with E-state index in [0.717, 1.165) is 0 Å². The number of piperidine rings is 1. The Balaban J connectivity index is 1.67. The van der Waals surface area contributed by atoms with E-state index in [0.29, 0.717) is 12.8 Å². The number of halogens is 1. The number of esters is 1. The largest absolute Gasteiger partial charge is 0.456 e. The maximum Gasteiger partial charge on any atom is 0.410 e. The Morgan fingerprint density at radius 2 is 1.86 bits per heavy atom. The lowest BCUT2D eigenvalue weighted by molar-refractivity contribution is -0.384. The van der Waals surface area contributed by atoms with Gasteiger partial charge in [-0.2, -0.15) is 0 Å². The van der Waals surface area contributed by atoms with Crippen LogP contribution in [0, 0.1) is 10.1 Å². The summed E-state index contributed by atoms with van der Waals surface area (Å²) in [6.45, 7) is 5.25. The van der Waals surface area contributed by atoms with Crippen LogP contribution in [0.2, 0.25) is 0 Å². The van der Waals surface area contributed by atoms with E-state index in [4.69, 9.17) is 9.47 Å². The Hall–Kier alpha value is -2.71. The molecule has 0 aromatic heterocycles. The van der Waals surface area contributed by atoms with Crippen LogP contribution >= 0.6 is 0 Å². The second-order valence-electron chi connectivity index (χ2n) is 8.11. The maximum atomic E-state index is 15.0. The monoisotopic (exact) mass is 394 g/mol. The summed E-state index contributed by atoms with van der Waals surface area (Å²) in [5, 5.41) is 10.7. The molecule has 8 nitrogen and oxygen atoms in total.